The van der Waals surface area contributed by atoms with Gasteiger partial charge in [-0.15, -0.1) is 11.3 Å². The number of rotatable bonds is 5. The first-order chi connectivity index (χ1) is 12.5. The number of fused-ring (bicyclic) bond motifs is 1. The Hall–Kier alpha value is -2.39. The van der Waals surface area contributed by atoms with Crippen molar-refractivity contribution >= 4 is 45.0 Å². The van der Waals surface area contributed by atoms with Crippen molar-refractivity contribution in [3.63, 3.8) is 0 Å². The van der Waals surface area contributed by atoms with E-state index < -0.39 is 11.8 Å². The van der Waals surface area contributed by atoms with Crippen molar-refractivity contribution in [3.05, 3.63) is 28.9 Å². The summed E-state index contributed by atoms with van der Waals surface area (Å²) in [6.45, 7) is 1.94. The van der Waals surface area contributed by atoms with Crippen molar-refractivity contribution in [2.45, 2.75) is 12.1 Å². The Balaban J connectivity index is 2.33. The van der Waals surface area contributed by atoms with E-state index in [1.165, 1.54) is 24.9 Å². The molecule has 0 saturated carbocycles. The zero-order chi connectivity index (χ0) is 18.8. The lowest BCUT2D eigenvalue weighted by atomic mass is 10.1. The molecule has 2 aromatic heterocycles. The number of carbonyl (C=O) groups excluding carboxylic acids is 1. The van der Waals surface area contributed by atoms with Gasteiger partial charge in [0.2, 0.25) is 0 Å². The number of esters is 1. The first-order valence-electron chi connectivity index (χ1n) is 7.65. The Morgan fingerprint density at radius 2 is 2.15 bits per heavy atom. The molecule has 2 heterocycles. The lowest BCUT2D eigenvalue weighted by molar-refractivity contribution is 0.0533. The number of benzene rings is 1. The maximum absolute atomic E-state index is 14.8. The third-order valence-electron chi connectivity index (χ3n) is 3.65. The van der Waals surface area contributed by atoms with E-state index in [1.807, 2.05) is 6.26 Å². The number of methoxy groups -OCH3 is 1. The van der Waals surface area contributed by atoms with Crippen LogP contribution in [0.2, 0.25) is 0 Å². The van der Waals surface area contributed by atoms with Crippen LogP contribution in [0.3, 0.4) is 0 Å². The fourth-order valence-electron chi connectivity index (χ4n) is 2.49. The Labute approximate surface area is 157 Å². The Kier molecular flexibility index (Phi) is 5.28. The van der Waals surface area contributed by atoms with Crippen LogP contribution < -0.4 is 10.5 Å². The van der Waals surface area contributed by atoms with Gasteiger partial charge in [0.15, 0.2) is 16.7 Å². The first-order valence-corrected chi connectivity index (χ1v) is 9.69. The van der Waals surface area contributed by atoms with Crippen LogP contribution in [0.4, 0.5) is 10.1 Å². The predicted molar refractivity (Wildman–Crippen MR) is 102 cm³/mol. The minimum Gasteiger partial charge on any atom is -0.494 e. The normalized spacial score (nSPS) is 10.9. The maximum atomic E-state index is 14.8. The summed E-state index contributed by atoms with van der Waals surface area (Å²) < 4.78 is 24.9. The summed E-state index contributed by atoms with van der Waals surface area (Å²) in [5.41, 5.74) is 6.93. The van der Waals surface area contributed by atoms with E-state index >= 15 is 0 Å². The number of nitrogen functional groups attached to an aromatic ring is 1. The van der Waals surface area contributed by atoms with E-state index in [-0.39, 0.29) is 28.5 Å². The molecule has 0 saturated heterocycles. The maximum Gasteiger partial charge on any atom is 0.350 e. The second-order valence-electron chi connectivity index (χ2n) is 5.13. The minimum atomic E-state index is -0.551. The SMILES string of the molecule is CCOC(=O)c1sc2nc(SC)nc(-c3cccc(OC)c3F)c2c1N. The summed E-state index contributed by atoms with van der Waals surface area (Å²) in [5, 5.41) is 0.884. The number of hydrogen-bond donors (Lipinski definition) is 1. The van der Waals surface area contributed by atoms with E-state index in [0.717, 1.165) is 11.3 Å². The third-order valence-corrected chi connectivity index (χ3v) is 5.28. The van der Waals surface area contributed by atoms with Crippen molar-refractivity contribution in [1.82, 2.24) is 9.97 Å². The van der Waals surface area contributed by atoms with Gasteiger partial charge in [0.05, 0.1) is 30.5 Å². The van der Waals surface area contributed by atoms with Crippen LogP contribution in [0.15, 0.2) is 23.4 Å². The molecule has 1 aromatic carbocycles. The standard InChI is InChI=1S/C17H16FN3O3S2/c1-4-24-16(22)14-12(19)10-13(20-17(25-3)21-15(10)26-14)8-6-5-7-9(23-2)11(8)18/h5-7H,4,19H2,1-3H3. The average molecular weight is 393 g/mol. The van der Waals surface area contributed by atoms with E-state index in [4.69, 9.17) is 15.2 Å². The molecule has 0 atom stereocenters. The highest BCUT2D eigenvalue weighted by atomic mass is 32.2. The molecular weight excluding hydrogens is 377 g/mol. The number of hydrogen-bond acceptors (Lipinski definition) is 8. The number of nitrogens with two attached hydrogens (primary N) is 1. The van der Waals surface area contributed by atoms with Crippen molar-refractivity contribution in [2.75, 3.05) is 25.7 Å². The van der Waals surface area contributed by atoms with Crippen molar-refractivity contribution in [2.24, 2.45) is 0 Å². The van der Waals surface area contributed by atoms with Gasteiger partial charge < -0.3 is 15.2 Å². The monoisotopic (exact) mass is 393 g/mol. The van der Waals surface area contributed by atoms with Crippen LogP contribution in [0, 0.1) is 5.82 Å². The van der Waals surface area contributed by atoms with Gasteiger partial charge in [0, 0.05) is 5.56 Å². The van der Waals surface area contributed by atoms with E-state index in [0.29, 0.717) is 21.1 Å². The van der Waals surface area contributed by atoms with Crippen molar-refractivity contribution < 1.29 is 18.7 Å². The van der Waals surface area contributed by atoms with Gasteiger partial charge in [0.25, 0.3) is 0 Å². The Morgan fingerprint density at radius 1 is 1.38 bits per heavy atom. The molecule has 0 radical (unpaired) electrons. The molecular formula is C17H16FN3O3S2. The van der Waals surface area contributed by atoms with E-state index in [1.54, 1.807) is 19.1 Å². The molecule has 0 unspecified atom stereocenters. The largest absolute Gasteiger partial charge is 0.494 e. The van der Waals surface area contributed by atoms with Crippen molar-refractivity contribution in [3.8, 4) is 17.0 Å². The first kappa shape index (κ1) is 18.4. The molecule has 3 aromatic rings. The smallest absolute Gasteiger partial charge is 0.350 e. The third kappa shape index (κ3) is 3.08. The minimum absolute atomic E-state index is 0.0966. The van der Waals surface area contributed by atoms with Crippen LogP contribution in [0.25, 0.3) is 21.5 Å². The van der Waals surface area contributed by atoms with Gasteiger partial charge in [0.1, 0.15) is 9.71 Å². The summed E-state index contributed by atoms with van der Waals surface area (Å²) in [6, 6.07) is 4.78. The molecule has 0 amide bonds. The van der Waals surface area contributed by atoms with E-state index in [2.05, 4.69) is 9.97 Å². The molecule has 26 heavy (non-hydrogen) atoms. The molecule has 2 N–H and O–H groups in total. The van der Waals surface area contributed by atoms with Crippen LogP contribution in [0.5, 0.6) is 5.75 Å². The van der Waals surface area contributed by atoms with Gasteiger partial charge in [-0.3, -0.25) is 0 Å². The lowest BCUT2D eigenvalue weighted by Gasteiger charge is -2.09. The van der Waals surface area contributed by atoms with E-state index in [9.17, 15) is 9.18 Å². The van der Waals surface area contributed by atoms with Gasteiger partial charge in [-0.2, -0.15) is 0 Å². The molecule has 3 rings (SSSR count). The number of thiophene rings is 1. The highest BCUT2D eigenvalue weighted by Crippen LogP contribution is 2.41. The van der Waals surface area contributed by atoms with Crippen molar-refractivity contribution in [1.29, 1.82) is 0 Å². The molecule has 0 aliphatic carbocycles. The van der Waals surface area contributed by atoms with Crippen LogP contribution in [-0.2, 0) is 4.74 Å². The number of halogens is 1. The Bertz CT molecular complexity index is 991. The molecule has 9 heteroatoms. The van der Waals surface area contributed by atoms with Gasteiger partial charge in [-0.25, -0.2) is 19.2 Å². The number of aromatic nitrogens is 2. The van der Waals surface area contributed by atoms with Crippen LogP contribution >= 0.6 is 23.1 Å². The fourth-order valence-corrected chi connectivity index (χ4v) is 3.90. The molecule has 0 fully saturated rings. The molecule has 6 nitrogen and oxygen atoms in total. The van der Waals surface area contributed by atoms with Crippen LogP contribution in [0.1, 0.15) is 16.6 Å². The summed E-state index contributed by atoms with van der Waals surface area (Å²) in [5.74, 6) is -0.986. The van der Waals surface area contributed by atoms with Gasteiger partial charge in [-0.05, 0) is 25.3 Å². The summed E-state index contributed by atoms with van der Waals surface area (Å²) >= 11 is 2.42. The second-order valence-corrected chi connectivity index (χ2v) is 6.90. The quantitative estimate of drug-likeness (QED) is 0.398. The highest BCUT2D eigenvalue weighted by Gasteiger charge is 2.24. The summed E-state index contributed by atoms with van der Waals surface area (Å²) in [7, 11) is 1.39. The lowest BCUT2D eigenvalue weighted by Crippen LogP contribution is -2.05. The van der Waals surface area contributed by atoms with Gasteiger partial charge in [-0.1, -0.05) is 17.8 Å². The average Bonchev–Trinajstić information content (AvgIpc) is 2.98. The highest BCUT2D eigenvalue weighted by molar-refractivity contribution is 7.98. The molecule has 0 bridgehead atoms. The number of carbonyl (C=O) groups is 1. The molecule has 0 aliphatic heterocycles. The van der Waals surface area contributed by atoms with Gasteiger partial charge >= 0.3 is 5.97 Å². The second kappa shape index (κ2) is 7.46. The Morgan fingerprint density at radius 3 is 2.81 bits per heavy atom. The molecule has 136 valence electrons. The number of nitrogens with zero attached hydrogens (tertiary/aromatic N) is 2. The zero-order valence-corrected chi connectivity index (χ0v) is 16.0. The van der Waals surface area contributed by atoms with Crippen LogP contribution in [-0.4, -0.2) is 35.9 Å². The molecule has 0 aliphatic rings. The number of anilines is 1. The topological polar surface area (TPSA) is 87.3 Å². The predicted octanol–water partition coefficient (Wildman–Crippen LogP) is 3.99. The molecule has 0 spiro atoms. The summed E-state index contributed by atoms with van der Waals surface area (Å²) in [4.78, 5) is 21.7. The zero-order valence-electron chi connectivity index (χ0n) is 14.3. The summed E-state index contributed by atoms with van der Waals surface area (Å²) in [6.07, 6.45) is 1.82. The fraction of sp³-hybridized carbons (Fsp3) is 0.235. The number of ether oxygens (including phenoxy) is 2. The number of thioether (sulfide) groups is 1.